The zero-order valence-electron chi connectivity index (χ0n) is 14.5. The van der Waals surface area contributed by atoms with Gasteiger partial charge in [0, 0.05) is 25.2 Å². The first-order valence-corrected chi connectivity index (χ1v) is 8.94. The zero-order valence-corrected chi connectivity index (χ0v) is 14.5. The second-order valence-corrected chi connectivity index (χ2v) is 7.61. The maximum absolute atomic E-state index is 6.30. The summed E-state index contributed by atoms with van der Waals surface area (Å²) < 4.78 is 11.8. The van der Waals surface area contributed by atoms with Crippen LogP contribution in [0, 0.1) is 5.41 Å². The molecule has 0 saturated heterocycles. The van der Waals surface area contributed by atoms with Gasteiger partial charge in [0.1, 0.15) is 0 Å². The Balaban J connectivity index is 1.85. The third-order valence-electron chi connectivity index (χ3n) is 5.79. The topological polar surface area (TPSA) is 30.5 Å². The van der Waals surface area contributed by atoms with Crippen LogP contribution in [0.4, 0.5) is 0 Å². The van der Waals surface area contributed by atoms with Crippen molar-refractivity contribution in [2.75, 3.05) is 20.3 Å². The van der Waals surface area contributed by atoms with E-state index in [1.807, 2.05) is 0 Å². The average Bonchev–Trinajstić information content (AvgIpc) is 2.50. The minimum absolute atomic E-state index is 0.0661. The number of methoxy groups -OCH3 is 1. The highest BCUT2D eigenvalue weighted by atomic mass is 16.5. The molecule has 0 aromatic carbocycles. The molecule has 1 spiro atoms. The van der Waals surface area contributed by atoms with Crippen molar-refractivity contribution in [2.45, 2.75) is 89.9 Å². The van der Waals surface area contributed by atoms with Crippen LogP contribution in [0.1, 0.15) is 72.1 Å². The van der Waals surface area contributed by atoms with Crippen molar-refractivity contribution in [1.82, 2.24) is 5.32 Å². The van der Waals surface area contributed by atoms with Gasteiger partial charge in [-0.3, -0.25) is 0 Å². The molecular formula is C18H35NO2. The Morgan fingerprint density at radius 1 is 1.19 bits per heavy atom. The van der Waals surface area contributed by atoms with E-state index in [1.165, 1.54) is 44.9 Å². The number of hydrogen-bond acceptors (Lipinski definition) is 3. The number of rotatable bonds is 8. The van der Waals surface area contributed by atoms with Gasteiger partial charge in [0.2, 0.25) is 0 Å². The minimum atomic E-state index is -0.0661. The third kappa shape index (κ3) is 4.00. The van der Waals surface area contributed by atoms with Gasteiger partial charge in [-0.25, -0.2) is 0 Å². The van der Waals surface area contributed by atoms with E-state index in [1.54, 1.807) is 7.11 Å². The second kappa shape index (κ2) is 7.43. The first-order valence-electron chi connectivity index (χ1n) is 8.94. The Morgan fingerprint density at radius 2 is 1.90 bits per heavy atom. The van der Waals surface area contributed by atoms with E-state index in [0.717, 1.165) is 19.6 Å². The second-order valence-electron chi connectivity index (χ2n) is 7.61. The first-order chi connectivity index (χ1) is 10.0. The Labute approximate surface area is 131 Å². The highest BCUT2D eigenvalue weighted by Gasteiger charge is 2.55. The lowest BCUT2D eigenvalue weighted by Crippen LogP contribution is -2.64. The van der Waals surface area contributed by atoms with Gasteiger partial charge in [-0.1, -0.05) is 26.2 Å². The molecule has 2 atom stereocenters. The van der Waals surface area contributed by atoms with Crippen molar-refractivity contribution >= 4 is 0 Å². The highest BCUT2D eigenvalue weighted by Crippen LogP contribution is 2.53. The normalized spacial score (nSPS) is 28.6. The molecule has 0 aromatic rings. The molecule has 3 heteroatoms. The van der Waals surface area contributed by atoms with E-state index in [0.29, 0.717) is 17.6 Å². The summed E-state index contributed by atoms with van der Waals surface area (Å²) in [5, 5.41) is 3.77. The molecule has 0 bridgehead atoms. The Morgan fingerprint density at radius 3 is 2.52 bits per heavy atom. The Kier molecular flexibility index (Phi) is 6.10. The van der Waals surface area contributed by atoms with Crippen molar-refractivity contribution < 1.29 is 9.47 Å². The van der Waals surface area contributed by atoms with Crippen molar-refractivity contribution in [3.8, 4) is 0 Å². The third-order valence-corrected chi connectivity index (χ3v) is 5.79. The van der Waals surface area contributed by atoms with Gasteiger partial charge >= 0.3 is 0 Å². The molecule has 2 fully saturated rings. The smallest absolute Gasteiger partial charge is 0.0661 e. The van der Waals surface area contributed by atoms with Crippen LogP contribution in [0.25, 0.3) is 0 Å². The summed E-state index contributed by atoms with van der Waals surface area (Å²) in [4.78, 5) is 0. The summed E-state index contributed by atoms with van der Waals surface area (Å²) in [5.74, 6) is 0. The summed E-state index contributed by atoms with van der Waals surface area (Å²) in [6, 6.07) is 0.693. The number of ether oxygens (including phenoxy) is 2. The van der Waals surface area contributed by atoms with Crippen LogP contribution in [0.2, 0.25) is 0 Å². The molecule has 2 aliphatic rings. The van der Waals surface area contributed by atoms with Crippen molar-refractivity contribution in [3.05, 3.63) is 0 Å². The van der Waals surface area contributed by atoms with Gasteiger partial charge in [0.05, 0.1) is 11.7 Å². The molecule has 2 aliphatic carbocycles. The summed E-state index contributed by atoms with van der Waals surface area (Å²) in [6.07, 6.45) is 10.8. The molecule has 2 saturated carbocycles. The monoisotopic (exact) mass is 297 g/mol. The summed E-state index contributed by atoms with van der Waals surface area (Å²) >= 11 is 0. The van der Waals surface area contributed by atoms with Gasteiger partial charge in [-0.2, -0.15) is 0 Å². The molecule has 1 N–H and O–H groups in total. The summed E-state index contributed by atoms with van der Waals surface area (Å²) in [7, 11) is 1.79. The van der Waals surface area contributed by atoms with E-state index in [4.69, 9.17) is 9.47 Å². The maximum atomic E-state index is 6.30. The fourth-order valence-corrected chi connectivity index (χ4v) is 4.02. The summed E-state index contributed by atoms with van der Waals surface area (Å²) in [5.41, 5.74) is 0.369. The van der Waals surface area contributed by atoms with Crippen LogP contribution in [-0.4, -0.2) is 38.0 Å². The number of hydrogen-bond donors (Lipinski definition) is 1. The van der Waals surface area contributed by atoms with Gasteiger partial charge in [0.15, 0.2) is 0 Å². The van der Waals surface area contributed by atoms with E-state index in [9.17, 15) is 0 Å². The van der Waals surface area contributed by atoms with Crippen LogP contribution in [0.15, 0.2) is 0 Å². The minimum Gasteiger partial charge on any atom is -0.379 e. The average molecular weight is 297 g/mol. The van der Waals surface area contributed by atoms with E-state index in [2.05, 4.69) is 26.1 Å². The molecule has 0 aromatic heterocycles. The zero-order chi connectivity index (χ0) is 15.3. The van der Waals surface area contributed by atoms with Crippen LogP contribution in [0.3, 0.4) is 0 Å². The molecule has 3 nitrogen and oxygen atoms in total. The Hall–Kier alpha value is -0.120. The van der Waals surface area contributed by atoms with Crippen LogP contribution < -0.4 is 5.32 Å². The van der Waals surface area contributed by atoms with E-state index in [-0.39, 0.29) is 5.60 Å². The van der Waals surface area contributed by atoms with Crippen LogP contribution in [-0.2, 0) is 9.47 Å². The lowest BCUT2D eigenvalue weighted by Gasteiger charge is -2.58. The van der Waals surface area contributed by atoms with Gasteiger partial charge in [0.25, 0.3) is 0 Å². The fourth-order valence-electron chi connectivity index (χ4n) is 4.02. The molecule has 124 valence electrons. The lowest BCUT2D eigenvalue weighted by molar-refractivity contribution is -0.159. The molecule has 21 heavy (non-hydrogen) atoms. The first kappa shape index (κ1) is 17.2. The van der Waals surface area contributed by atoms with Crippen molar-refractivity contribution in [2.24, 2.45) is 5.41 Å². The summed E-state index contributed by atoms with van der Waals surface area (Å²) in [6.45, 7) is 8.50. The predicted molar refractivity (Wildman–Crippen MR) is 87.7 cm³/mol. The largest absolute Gasteiger partial charge is 0.379 e. The Bertz CT molecular complexity index is 310. The SMILES string of the molecule is CCCNC1CC(OCCC(C)(C)OC)C12CCCCC2. The quantitative estimate of drug-likeness (QED) is 0.737. The van der Waals surface area contributed by atoms with Gasteiger partial charge in [-0.15, -0.1) is 0 Å². The number of nitrogens with one attached hydrogen (secondary N) is 1. The molecule has 2 rings (SSSR count). The van der Waals surface area contributed by atoms with E-state index < -0.39 is 0 Å². The standard InChI is InChI=1S/C18H35NO2/c1-5-12-19-15-14-16(18(15)9-7-6-8-10-18)21-13-11-17(2,3)20-4/h15-16,19H,5-14H2,1-4H3. The molecule has 0 amide bonds. The van der Waals surface area contributed by atoms with E-state index >= 15 is 0 Å². The lowest BCUT2D eigenvalue weighted by atomic mass is 9.55. The van der Waals surface area contributed by atoms with Crippen molar-refractivity contribution in [1.29, 1.82) is 0 Å². The van der Waals surface area contributed by atoms with Crippen molar-refractivity contribution in [3.63, 3.8) is 0 Å². The molecular weight excluding hydrogens is 262 g/mol. The molecule has 0 aliphatic heterocycles. The van der Waals surface area contributed by atoms with Gasteiger partial charge in [-0.05, 0) is 52.5 Å². The fraction of sp³-hybridized carbons (Fsp3) is 1.00. The highest BCUT2D eigenvalue weighted by molar-refractivity contribution is 5.08. The van der Waals surface area contributed by atoms with Crippen LogP contribution >= 0.6 is 0 Å². The van der Waals surface area contributed by atoms with Crippen LogP contribution in [0.5, 0.6) is 0 Å². The maximum Gasteiger partial charge on any atom is 0.0661 e. The molecule has 0 radical (unpaired) electrons. The predicted octanol–water partition coefficient (Wildman–Crippen LogP) is 3.91. The van der Waals surface area contributed by atoms with Gasteiger partial charge < -0.3 is 14.8 Å². The molecule has 2 unspecified atom stereocenters. The molecule has 0 heterocycles.